The summed E-state index contributed by atoms with van der Waals surface area (Å²) in [5.74, 6) is -0.782. The Bertz CT molecular complexity index is 1270. The van der Waals surface area contributed by atoms with Crippen LogP contribution >= 0.6 is 23.2 Å². The molecule has 0 unspecified atom stereocenters. The Balaban J connectivity index is 1.60. The van der Waals surface area contributed by atoms with E-state index in [1.165, 1.54) is 0 Å². The number of ether oxygens (including phenoxy) is 1. The van der Waals surface area contributed by atoms with Crippen molar-refractivity contribution in [2.45, 2.75) is 19.1 Å². The number of H-pyrrole nitrogens is 1. The number of hydrogen-bond donors (Lipinski definition) is 4. The Morgan fingerprint density at radius 2 is 1.75 bits per heavy atom. The predicted molar refractivity (Wildman–Crippen MR) is 128 cm³/mol. The number of aromatic amines is 1. The van der Waals surface area contributed by atoms with Crippen LogP contribution in [-0.4, -0.2) is 22.1 Å². The molecular formula is C24H21Cl2N3O3. The summed E-state index contributed by atoms with van der Waals surface area (Å²) in [6.07, 6.45) is 0.107. The van der Waals surface area contributed by atoms with Gasteiger partial charge in [-0.25, -0.2) is 0 Å². The van der Waals surface area contributed by atoms with E-state index in [-0.39, 0.29) is 23.1 Å². The Morgan fingerprint density at radius 1 is 1.06 bits per heavy atom. The molecule has 0 fully saturated rings. The third-order valence-corrected chi connectivity index (χ3v) is 5.68. The van der Waals surface area contributed by atoms with Crippen molar-refractivity contribution in [1.29, 1.82) is 0 Å². The lowest BCUT2D eigenvalue weighted by Gasteiger charge is -2.14. The first-order valence-corrected chi connectivity index (χ1v) is 10.6. The van der Waals surface area contributed by atoms with Crippen molar-refractivity contribution < 1.29 is 14.6 Å². The molecule has 0 saturated heterocycles. The Hall–Kier alpha value is -3.19. The SMILES string of the molecule is Nc1cc(COc2c(Cl)cc(C[C@H](N)C(=O)O)cc2Cl)c2[nH]c(-c3ccccc3)cc2c1. The van der Waals surface area contributed by atoms with E-state index >= 15 is 0 Å². The van der Waals surface area contributed by atoms with Gasteiger partial charge >= 0.3 is 5.97 Å². The van der Waals surface area contributed by atoms with E-state index in [4.69, 9.17) is 44.5 Å². The fourth-order valence-corrected chi connectivity index (χ4v) is 4.23. The maximum atomic E-state index is 11.0. The van der Waals surface area contributed by atoms with Gasteiger partial charge in [0.2, 0.25) is 0 Å². The van der Waals surface area contributed by atoms with E-state index in [2.05, 4.69) is 4.98 Å². The molecule has 1 aromatic heterocycles. The number of halogens is 2. The van der Waals surface area contributed by atoms with Gasteiger partial charge in [-0.15, -0.1) is 0 Å². The Labute approximate surface area is 194 Å². The van der Waals surface area contributed by atoms with Crippen LogP contribution < -0.4 is 16.2 Å². The summed E-state index contributed by atoms with van der Waals surface area (Å²) in [6.45, 7) is 0.184. The summed E-state index contributed by atoms with van der Waals surface area (Å²) >= 11 is 12.7. The van der Waals surface area contributed by atoms with Crippen LogP contribution in [0.5, 0.6) is 5.75 Å². The number of aromatic nitrogens is 1. The van der Waals surface area contributed by atoms with Gasteiger partial charge in [0.15, 0.2) is 5.75 Å². The number of carboxylic acids is 1. The minimum Gasteiger partial charge on any atom is -0.486 e. The zero-order valence-corrected chi connectivity index (χ0v) is 18.5. The fourth-order valence-electron chi connectivity index (χ4n) is 3.59. The standard InChI is InChI=1S/C24H21Cl2N3O3/c25-18-6-13(8-20(28)24(30)31)7-19(26)23(18)32-12-16-10-17(27)9-15-11-21(29-22(15)16)14-4-2-1-3-5-14/h1-7,9-11,20,29H,8,12,27-28H2,(H,30,31)/t20-/m0/s1. The van der Waals surface area contributed by atoms with Crippen molar-refractivity contribution >= 4 is 45.8 Å². The van der Waals surface area contributed by atoms with Gasteiger partial charge in [0.05, 0.1) is 15.6 Å². The van der Waals surface area contributed by atoms with Crippen molar-refractivity contribution in [3.63, 3.8) is 0 Å². The van der Waals surface area contributed by atoms with Crippen molar-refractivity contribution in [3.8, 4) is 17.0 Å². The van der Waals surface area contributed by atoms with Gasteiger partial charge in [-0.1, -0.05) is 53.5 Å². The second-order valence-corrected chi connectivity index (χ2v) is 8.33. The van der Waals surface area contributed by atoms with Crippen LogP contribution in [-0.2, 0) is 17.8 Å². The second kappa shape index (κ2) is 9.12. The fraction of sp³-hybridized carbons (Fsp3) is 0.125. The predicted octanol–water partition coefficient (Wildman–Crippen LogP) is 5.26. The lowest BCUT2D eigenvalue weighted by Crippen LogP contribution is -2.32. The number of nitrogens with two attached hydrogens (primary N) is 2. The third-order valence-electron chi connectivity index (χ3n) is 5.12. The zero-order chi connectivity index (χ0) is 22.8. The molecule has 3 aromatic carbocycles. The van der Waals surface area contributed by atoms with Crippen molar-refractivity contribution in [2.75, 3.05) is 5.73 Å². The molecule has 0 aliphatic heterocycles. The summed E-state index contributed by atoms with van der Waals surface area (Å²) in [4.78, 5) is 14.4. The molecule has 0 aliphatic rings. The summed E-state index contributed by atoms with van der Waals surface area (Å²) in [5.41, 5.74) is 16.7. The van der Waals surface area contributed by atoms with Crippen LogP contribution in [0, 0.1) is 0 Å². The normalized spacial score (nSPS) is 12.1. The maximum Gasteiger partial charge on any atom is 0.320 e. The lowest BCUT2D eigenvalue weighted by atomic mass is 10.1. The van der Waals surface area contributed by atoms with E-state index < -0.39 is 12.0 Å². The highest BCUT2D eigenvalue weighted by molar-refractivity contribution is 6.37. The average Bonchev–Trinajstić information content (AvgIpc) is 3.17. The topological polar surface area (TPSA) is 114 Å². The van der Waals surface area contributed by atoms with Crippen LogP contribution in [0.1, 0.15) is 11.1 Å². The molecule has 1 atom stereocenters. The van der Waals surface area contributed by atoms with Gasteiger partial charge in [-0.3, -0.25) is 4.79 Å². The minimum atomic E-state index is -1.09. The molecule has 0 amide bonds. The number of nitrogens with one attached hydrogen (secondary N) is 1. The molecule has 0 spiro atoms. The van der Waals surface area contributed by atoms with Gasteiger partial charge in [0, 0.05) is 22.3 Å². The molecule has 0 aliphatic carbocycles. The molecule has 6 N–H and O–H groups in total. The smallest absolute Gasteiger partial charge is 0.320 e. The highest BCUT2D eigenvalue weighted by Gasteiger charge is 2.17. The van der Waals surface area contributed by atoms with E-state index in [0.717, 1.165) is 27.7 Å². The van der Waals surface area contributed by atoms with E-state index in [1.54, 1.807) is 12.1 Å². The van der Waals surface area contributed by atoms with Gasteiger partial charge in [-0.05, 0) is 47.9 Å². The monoisotopic (exact) mass is 469 g/mol. The molecule has 4 aromatic rings. The Morgan fingerprint density at radius 3 is 2.41 bits per heavy atom. The largest absolute Gasteiger partial charge is 0.486 e. The molecule has 8 heteroatoms. The maximum absolute atomic E-state index is 11.0. The number of anilines is 1. The first-order chi connectivity index (χ1) is 15.3. The van der Waals surface area contributed by atoms with Crippen LogP contribution in [0.3, 0.4) is 0 Å². The summed E-state index contributed by atoms with van der Waals surface area (Å²) in [6, 6.07) is 18.0. The third kappa shape index (κ3) is 4.67. The van der Waals surface area contributed by atoms with Gasteiger partial charge in [-0.2, -0.15) is 0 Å². The average molecular weight is 470 g/mol. The first kappa shape index (κ1) is 22.0. The van der Waals surface area contributed by atoms with Crippen LogP contribution in [0.2, 0.25) is 10.0 Å². The number of carboxylic acid groups (broad SMARTS) is 1. The lowest BCUT2D eigenvalue weighted by molar-refractivity contribution is -0.138. The molecular weight excluding hydrogens is 449 g/mol. The second-order valence-electron chi connectivity index (χ2n) is 7.52. The molecule has 4 rings (SSSR count). The van der Waals surface area contributed by atoms with Crippen molar-refractivity contribution in [1.82, 2.24) is 4.98 Å². The zero-order valence-electron chi connectivity index (χ0n) is 16.9. The quantitative estimate of drug-likeness (QED) is 0.275. The number of fused-ring (bicyclic) bond motifs is 1. The minimum absolute atomic E-state index is 0.107. The van der Waals surface area contributed by atoms with Crippen molar-refractivity contribution in [3.05, 3.63) is 81.8 Å². The number of aliphatic carboxylic acids is 1. The molecule has 164 valence electrons. The summed E-state index contributed by atoms with van der Waals surface area (Å²) in [7, 11) is 0. The number of carbonyl (C=O) groups is 1. The van der Waals surface area contributed by atoms with Gasteiger partial charge < -0.3 is 26.3 Å². The first-order valence-electron chi connectivity index (χ1n) is 9.87. The number of hydrogen-bond acceptors (Lipinski definition) is 4. The number of benzene rings is 3. The highest BCUT2D eigenvalue weighted by atomic mass is 35.5. The number of rotatable bonds is 7. The van der Waals surface area contributed by atoms with Crippen LogP contribution in [0.4, 0.5) is 5.69 Å². The molecule has 6 nitrogen and oxygen atoms in total. The summed E-state index contributed by atoms with van der Waals surface area (Å²) < 4.78 is 5.95. The molecule has 1 heterocycles. The molecule has 0 bridgehead atoms. The molecule has 0 saturated carbocycles. The van der Waals surface area contributed by atoms with Gasteiger partial charge in [0.1, 0.15) is 12.6 Å². The summed E-state index contributed by atoms with van der Waals surface area (Å²) in [5, 5.41) is 10.5. The van der Waals surface area contributed by atoms with Gasteiger partial charge in [0.25, 0.3) is 0 Å². The Kier molecular flexibility index (Phi) is 6.28. The molecule has 32 heavy (non-hydrogen) atoms. The van der Waals surface area contributed by atoms with E-state index in [9.17, 15) is 4.79 Å². The van der Waals surface area contributed by atoms with Crippen LogP contribution in [0.15, 0.2) is 60.7 Å². The van der Waals surface area contributed by atoms with Crippen molar-refractivity contribution in [2.24, 2.45) is 5.73 Å². The van der Waals surface area contributed by atoms with E-state index in [0.29, 0.717) is 17.0 Å². The number of nitrogen functional groups attached to an aromatic ring is 1. The highest BCUT2D eigenvalue weighted by Crippen LogP contribution is 2.36. The van der Waals surface area contributed by atoms with E-state index in [1.807, 2.05) is 48.5 Å². The molecule has 0 radical (unpaired) electrons. The van der Waals surface area contributed by atoms with Crippen LogP contribution in [0.25, 0.3) is 22.2 Å².